The molecule has 0 heterocycles. The van der Waals surface area contributed by atoms with Gasteiger partial charge in [-0.1, -0.05) is 0 Å². The van der Waals surface area contributed by atoms with Crippen LogP contribution in [0.3, 0.4) is 0 Å². The maximum atomic E-state index is 10.3. The first kappa shape index (κ1) is 11.4. The number of carboxylic acid groups (broad SMARTS) is 1. The van der Waals surface area contributed by atoms with Crippen molar-refractivity contribution in [2.45, 2.75) is 19.9 Å². The number of hydrogen-bond acceptors (Lipinski definition) is 3. The van der Waals surface area contributed by atoms with Gasteiger partial charge in [0.15, 0.2) is 5.71 Å². The van der Waals surface area contributed by atoms with Crippen molar-refractivity contribution in [2.24, 2.45) is 0 Å². The van der Waals surface area contributed by atoms with Crippen molar-refractivity contribution in [3.05, 3.63) is 9.78 Å². The van der Waals surface area contributed by atoms with Gasteiger partial charge in [-0.05, 0) is 36.4 Å². The molecule has 0 unspecified atom stereocenters. The molecule has 0 radical (unpaired) electrons. The SMILES string of the molecule is CC(C)N/C=C(/I)C(=N)C(=O)O. The molecule has 4 nitrogen and oxygen atoms in total. The fourth-order valence-corrected chi connectivity index (χ4v) is 0.825. The van der Waals surface area contributed by atoms with Gasteiger partial charge in [0.1, 0.15) is 0 Å². The third kappa shape index (κ3) is 4.32. The van der Waals surface area contributed by atoms with Crippen LogP contribution < -0.4 is 5.32 Å². The van der Waals surface area contributed by atoms with E-state index in [0.29, 0.717) is 3.58 Å². The van der Waals surface area contributed by atoms with Gasteiger partial charge < -0.3 is 10.4 Å². The molecule has 0 aromatic heterocycles. The van der Waals surface area contributed by atoms with Crippen LogP contribution in [0.25, 0.3) is 0 Å². The summed E-state index contributed by atoms with van der Waals surface area (Å²) in [5.74, 6) is -1.21. The number of halogens is 1. The lowest BCUT2D eigenvalue weighted by atomic mass is 10.3. The van der Waals surface area contributed by atoms with E-state index in [9.17, 15) is 4.79 Å². The third-order valence-electron chi connectivity index (χ3n) is 0.996. The molecule has 0 bridgehead atoms. The molecule has 0 saturated carbocycles. The van der Waals surface area contributed by atoms with Crippen LogP contribution in [-0.2, 0) is 4.79 Å². The van der Waals surface area contributed by atoms with Gasteiger partial charge in [0.05, 0.1) is 3.58 Å². The van der Waals surface area contributed by atoms with E-state index < -0.39 is 5.97 Å². The summed E-state index contributed by atoms with van der Waals surface area (Å²) in [7, 11) is 0. The summed E-state index contributed by atoms with van der Waals surface area (Å²) in [6.45, 7) is 3.87. The van der Waals surface area contributed by atoms with Crippen LogP contribution in [0.5, 0.6) is 0 Å². The van der Waals surface area contributed by atoms with Crippen molar-refractivity contribution in [1.82, 2.24) is 5.32 Å². The van der Waals surface area contributed by atoms with E-state index in [4.69, 9.17) is 10.5 Å². The molecule has 0 rings (SSSR count). The zero-order chi connectivity index (χ0) is 9.72. The first-order valence-electron chi connectivity index (χ1n) is 3.39. The maximum Gasteiger partial charge on any atom is 0.354 e. The third-order valence-corrected chi connectivity index (χ3v) is 1.85. The standard InChI is InChI=1S/C7H11IN2O2/c1-4(2)10-3-5(8)6(9)7(11)12/h3-4,9-10H,1-2H3,(H,11,12)/b5-3+,9-6?. The molecule has 0 saturated heterocycles. The zero-order valence-electron chi connectivity index (χ0n) is 6.89. The average molecular weight is 282 g/mol. The van der Waals surface area contributed by atoms with Crippen LogP contribution in [0, 0.1) is 5.41 Å². The molecule has 0 atom stereocenters. The van der Waals surface area contributed by atoms with Crippen LogP contribution in [0.2, 0.25) is 0 Å². The van der Waals surface area contributed by atoms with Crippen LogP contribution in [0.1, 0.15) is 13.8 Å². The van der Waals surface area contributed by atoms with Gasteiger partial charge in [0.25, 0.3) is 0 Å². The number of hydrogen-bond donors (Lipinski definition) is 3. The molecule has 0 aromatic carbocycles. The molecule has 3 N–H and O–H groups in total. The lowest BCUT2D eigenvalue weighted by molar-refractivity contribution is -0.129. The quantitative estimate of drug-likeness (QED) is 0.538. The lowest BCUT2D eigenvalue weighted by Gasteiger charge is -2.04. The molecule has 0 aliphatic carbocycles. The predicted octanol–water partition coefficient (Wildman–Crippen LogP) is 1.37. The van der Waals surface area contributed by atoms with E-state index in [1.165, 1.54) is 6.20 Å². The second kappa shape index (κ2) is 5.13. The zero-order valence-corrected chi connectivity index (χ0v) is 9.05. The molecule has 0 aliphatic rings. The summed E-state index contributed by atoms with van der Waals surface area (Å²) < 4.78 is 0.397. The Bertz CT molecular complexity index is 223. The van der Waals surface area contributed by atoms with Gasteiger partial charge >= 0.3 is 5.97 Å². The predicted molar refractivity (Wildman–Crippen MR) is 55.7 cm³/mol. The molecule has 0 spiro atoms. The summed E-state index contributed by atoms with van der Waals surface area (Å²) in [6, 6.07) is 0.247. The highest BCUT2D eigenvalue weighted by molar-refractivity contribution is 14.1. The van der Waals surface area contributed by atoms with Crippen molar-refractivity contribution >= 4 is 34.3 Å². The molecule has 0 aliphatic heterocycles. The van der Waals surface area contributed by atoms with E-state index in [-0.39, 0.29) is 11.8 Å². The number of carbonyl (C=O) groups is 1. The van der Waals surface area contributed by atoms with Crippen LogP contribution in [-0.4, -0.2) is 22.8 Å². The smallest absolute Gasteiger partial charge is 0.354 e. The summed E-state index contributed by atoms with van der Waals surface area (Å²) in [6.07, 6.45) is 1.53. The monoisotopic (exact) mass is 282 g/mol. The van der Waals surface area contributed by atoms with Crippen molar-refractivity contribution in [1.29, 1.82) is 5.41 Å². The Morgan fingerprint density at radius 1 is 1.67 bits per heavy atom. The number of rotatable bonds is 4. The fraction of sp³-hybridized carbons (Fsp3) is 0.429. The minimum atomic E-state index is -1.21. The molecule has 5 heteroatoms. The van der Waals surface area contributed by atoms with Crippen molar-refractivity contribution < 1.29 is 9.90 Å². The van der Waals surface area contributed by atoms with E-state index in [0.717, 1.165) is 0 Å². The summed E-state index contributed by atoms with van der Waals surface area (Å²) in [5, 5.41) is 18.4. The summed E-state index contributed by atoms with van der Waals surface area (Å²) in [4.78, 5) is 10.3. The maximum absolute atomic E-state index is 10.3. The van der Waals surface area contributed by atoms with E-state index in [2.05, 4.69) is 5.32 Å². The molecular formula is C7H11IN2O2. The van der Waals surface area contributed by atoms with Crippen LogP contribution in [0.4, 0.5) is 0 Å². The van der Waals surface area contributed by atoms with Crippen molar-refractivity contribution in [3.8, 4) is 0 Å². The molecule has 0 amide bonds. The van der Waals surface area contributed by atoms with E-state index in [1.54, 1.807) is 0 Å². The Morgan fingerprint density at radius 2 is 2.17 bits per heavy atom. The van der Waals surface area contributed by atoms with Gasteiger partial charge in [0.2, 0.25) is 0 Å². The lowest BCUT2D eigenvalue weighted by Crippen LogP contribution is -2.19. The Balaban J connectivity index is 4.18. The first-order valence-corrected chi connectivity index (χ1v) is 4.47. The molecular weight excluding hydrogens is 271 g/mol. The number of aliphatic carboxylic acids is 1. The summed E-state index contributed by atoms with van der Waals surface area (Å²) in [5.41, 5.74) is -0.385. The number of carboxylic acids is 1. The molecule has 0 fully saturated rings. The average Bonchev–Trinajstić information content (AvgIpc) is 1.98. The Labute approximate surface area is 84.7 Å². The second-order valence-corrected chi connectivity index (χ2v) is 3.66. The number of nitrogens with one attached hydrogen (secondary N) is 2. The normalized spacial score (nSPS) is 11.5. The van der Waals surface area contributed by atoms with Crippen LogP contribution in [0.15, 0.2) is 9.78 Å². The van der Waals surface area contributed by atoms with Crippen molar-refractivity contribution in [2.75, 3.05) is 0 Å². The van der Waals surface area contributed by atoms with Crippen molar-refractivity contribution in [3.63, 3.8) is 0 Å². The Kier molecular flexibility index (Phi) is 4.87. The molecule has 68 valence electrons. The highest BCUT2D eigenvalue weighted by atomic mass is 127. The molecule has 0 aromatic rings. The second-order valence-electron chi connectivity index (χ2n) is 2.49. The van der Waals surface area contributed by atoms with Gasteiger partial charge in [-0.25, -0.2) is 4.79 Å². The summed E-state index contributed by atoms with van der Waals surface area (Å²) >= 11 is 1.81. The minimum Gasteiger partial charge on any atom is -0.476 e. The van der Waals surface area contributed by atoms with Gasteiger partial charge in [-0.15, -0.1) is 0 Å². The molecule has 12 heavy (non-hydrogen) atoms. The topological polar surface area (TPSA) is 73.2 Å². The Morgan fingerprint density at radius 3 is 2.50 bits per heavy atom. The van der Waals surface area contributed by atoms with Gasteiger partial charge in [-0.2, -0.15) is 0 Å². The van der Waals surface area contributed by atoms with E-state index >= 15 is 0 Å². The van der Waals surface area contributed by atoms with Crippen LogP contribution >= 0.6 is 22.6 Å². The highest BCUT2D eigenvalue weighted by Gasteiger charge is 2.09. The van der Waals surface area contributed by atoms with Gasteiger partial charge in [0, 0.05) is 12.2 Å². The first-order chi connectivity index (χ1) is 5.45. The van der Waals surface area contributed by atoms with E-state index in [1.807, 2.05) is 36.4 Å². The van der Waals surface area contributed by atoms with Gasteiger partial charge in [-0.3, -0.25) is 5.41 Å². The Hall–Kier alpha value is -0.590. The highest BCUT2D eigenvalue weighted by Crippen LogP contribution is 2.06. The minimum absolute atomic E-state index is 0.247. The fourth-order valence-electron chi connectivity index (χ4n) is 0.414. The largest absolute Gasteiger partial charge is 0.476 e.